The van der Waals surface area contributed by atoms with Crippen LogP contribution in [0.5, 0.6) is 40.2 Å². The molecule has 13 nitrogen and oxygen atoms in total. The maximum Gasteiger partial charge on any atom is 0.188 e. The second kappa shape index (κ2) is 18.6. The SMILES string of the molecule is COCOc1ccc(-c2cc(OCOC)c(-c3ccc(OCOC)c(OCOC)c3)c(OCOC)c2OC)cc1OCOC. The highest BCUT2D eigenvalue weighted by Gasteiger charge is 2.26. The summed E-state index contributed by atoms with van der Waals surface area (Å²) in [5.74, 6) is 2.94. The lowest BCUT2D eigenvalue weighted by molar-refractivity contribution is 0.0323. The zero-order valence-electron chi connectivity index (χ0n) is 26.1. The molecule has 0 bridgehead atoms. The van der Waals surface area contributed by atoms with E-state index in [-0.39, 0.29) is 40.8 Å². The van der Waals surface area contributed by atoms with Crippen LogP contribution in [0.3, 0.4) is 0 Å². The van der Waals surface area contributed by atoms with Gasteiger partial charge in [0.25, 0.3) is 0 Å². The summed E-state index contributed by atoms with van der Waals surface area (Å²) in [5, 5.41) is 0. The van der Waals surface area contributed by atoms with Crippen molar-refractivity contribution in [2.75, 3.05) is 90.5 Å². The second-order valence-electron chi connectivity index (χ2n) is 8.79. The lowest BCUT2D eigenvalue weighted by Gasteiger charge is -2.23. The molecule has 0 fully saturated rings. The number of benzene rings is 3. The molecule has 0 atom stereocenters. The molecule has 13 heteroatoms. The Morgan fingerprint density at radius 1 is 0.386 bits per heavy atom. The van der Waals surface area contributed by atoms with Crippen LogP contribution < -0.4 is 33.2 Å². The Bertz CT molecular complexity index is 1300. The van der Waals surface area contributed by atoms with Crippen LogP contribution in [0.15, 0.2) is 42.5 Å². The van der Waals surface area contributed by atoms with Crippen molar-refractivity contribution in [2.24, 2.45) is 0 Å². The second-order valence-corrected chi connectivity index (χ2v) is 8.79. The Kier molecular flexibility index (Phi) is 14.6. The summed E-state index contributed by atoms with van der Waals surface area (Å²) >= 11 is 0. The number of hydrogen-bond donors (Lipinski definition) is 0. The van der Waals surface area contributed by atoms with E-state index in [9.17, 15) is 0 Å². The standard InChI is InChI=1S/C31H40O13/c1-32-15-39-24-10-8-21(12-26(24)41-17-34-3)23-14-28(43-19-36-5)29(31(30(23)38-7)44-20-37-6)22-9-11-25(40-16-33-2)27(13-22)42-18-35-4/h8-14H,15-20H2,1-7H3. The van der Waals surface area contributed by atoms with E-state index in [2.05, 4.69) is 0 Å². The molecule has 0 heterocycles. The van der Waals surface area contributed by atoms with Crippen LogP contribution in [-0.4, -0.2) is 90.5 Å². The van der Waals surface area contributed by atoms with Gasteiger partial charge in [0.1, 0.15) is 5.75 Å². The molecule has 0 spiro atoms. The summed E-state index contributed by atoms with van der Waals surface area (Å²) in [7, 11) is 10.7. The molecule has 242 valence electrons. The predicted molar refractivity (Wildman–Crippen MR) is 159 cm³/mol. The van der Waals surface area contributed by atoms with Gasteiger partial charge in [-0.05, 0) is 41.5 Å². The van der Waals surface area contributed by atoms with Gasteiger partial charge in [0.15, 0.2) is 75.3 Å². The van der Waals surface area contributed by atoms with Crippen molar-refractivity contribution in [1.82, 2.24) is 0 Å². The smallest absolute Gasteiger partial charge is 0.188 e. The van der Waals surface area contributed by atoms with Crippen molar-refractivity contribution in [3.8, 4) is 62.5 Å². The summed E-state index contributed by atoms with van der Waals surface area (Å²) < 4.78 is 72.1. The monoisotopic (exact) mass is 620 g/mol. The van der Waals surface area contributed by atoms with E-state index >= 15 is 0 Å². The zero-order chi connectivity index (χ0) is 31.7. The molecule has 0 amide bonds. The third kappa shape index (κ3) is 9.02. The molecule has 44 heavy (non-hydrogen) atoms. The molecular weight excluding hydrogens is 580 g/mol. The van der Waals surface area contributed by atoms with Gasteiger partial charge in [-0.25, -0.2) is 0 Å². The van der Waals surface area contributed by atoms with Crippen molar-refractivity contribution < 1.29 is 61.6 Å². The molecule has 3 rings (SSSR count). The van der Waals surface area contributed by atoms with Crippen LogP contribution in [0.4, 0.5) is 0 Å². The van der Waals surface area contributed by atoms with E-state index in [1.165, 1.54) is 42.7 Å². The van der Waals surface area contributed by atoms with Gasteiger partial charge in [-0.15, -0.1) is 0 Å². The van der Waals surface area contributed by atoms with Gasteiger partial charge in [-0.1, -0.05) is 12.1 Å². The minimum Gasteiger partial charge on any atom is -0.492 e. The summed E-state index contributed by atoms with van der Waals surface area (Å²) in [5.41, 5.74) is 2.55. The lowest BCUT2D eigenvalue weighted by atomic mass is 9.96. The molecule has 0 saturated carbocycles. The summed E-state index contributed by atoms with van der Waals surface area (Å²) in [6.45, 7) is -0.0598. The van der Waals surface area contributed by atoms with Crippen molar-refractivity contribution in [3.05, 3.63) is 42.5 Å². The van der Waals surface area contributed by atoms with Crippen LogP contribution in [-0.2, 0) is 28.4 Å². The van der Waals surface area contributed by atoms with Crippen molar-refractivity contribution in [1.29, 1.82) is 0 Å². The van der Waals surface area contributed by atoms with Crippen LogP contribution in [0.25, 0.3) is 22.3 Å². The lowest BCUT2D eigenvalue weighted by Crippen LogP contribution is -2.08. The topological polar surface area (TPSA) is 120 Å². The van der Waals surface area contributed by atoms with E-state index in [1.54, 1.807) is 31.4 Å². The zero-order valence-corrected chi connectivity index (χ0v) is 26.1. The first-order chi connectivity index (χ1) is 21.6. The fraction of sp³-hybridized carbons (Fsp3) is 0.419. The van der Waals surface area contributed by atoms with E-state index < -0.39 is 0 Å². The van der Waals surface area contributed by atoms with Crippen molar-refractivity contribution in [2.45, 2.75) is 0 Å². The fourth-order valence-corrected chi connectivity index (χ4v) is 4.09. The molecule has 0 unspecified atom stereocenters. The van der Waals surface area contributed by atoms with Gasteiger partial charge < -0.3 is 61.6 Å². The minimum atomic E-state index is -0.0788. The maximum absolute atomic E-state index is 6.16. The number of hydrogen-bond acceptors (Lipinski definition) is 13. The summed E-state index contributed by atoms with van der Waals surface area (Å²) in [6, 6.07) is 12.6. The third-order valence-corrected chi connectivity index (χ3v) is 5.87. The molecule has 3 aromatic carbocycles. The van der Waals surface area contributed by atoms with Crippen LogP contribution >= 0.6 is 0 Å². The van der Waals surface area contributed by atoms with E-state index in [0.717, 1.165) is 0 Å². The van der Waals surface area contributed by atoms with Gasteiger partial charge in [-0.3, -0.25) is 0 Å². The van der Waals surface area contributed by atoms with Gasteiger partial charge in [0.05, 0.1) is 12.7 Å². The Hall–Kier alpha value is -3.98. The fourth-order valence-electron chi connectivity index (χ4n) is 4.09. The average molecular weight is 621 g/mol. The quantitative estimate of drug-likeness (QED) is 0.150. The highest BCUT2D eigenvalue weighted by molar-refractivity contribution is 5.89. The van der Waals surface area contributed by atoms with E-state index in [1.807, 2.05) is 18.2 Å². The molecule has 0 aliphatic rings. The number of ether oxygens (including phenoxy) is 13. The molecule has 0 aromatic heterocycles. The van der Waals surface area contributed by atoms with Crippen molar-refractivity contribution >= 4 is 0 Å². The molecule has 0 aliphatic heterocycles. The van der Waals surface area contributed by atoms with Gasteiger partial charge in [0.2, 0.25) is 0 Å². The van der Waals surface area contributed by atoms with Crippen LogP contribution in [0.2, 0.25) is 0 Å². The first-order valence-electron chi connectivity index (χ1n) is 13.3. The van der Waals surface area contributed by atoms with Crippen LogP contribution in [0, 0.1) is 0 Å². The van der Waals surface area contributed by atoms with Gasteiger partial charge in [0, 0.05) is 48.2 Å². The van der Waals surface area contributed by atoms with E-state index in [0.29, 0.717) is 62.5 Å². The average Bonchev–Trinajstić information content (AvgIpc) is 3.05. The summed E-state index contributed by atoms with van der Waals surface area (Å²) in [4.78, 5) is 0. The van der Waals surface area contributed by atoms with Crippen molar-refractivity contribution in [3.63, 3.8) is 0 Å². The molecule has 3 aromatic rings. The predicted octanol–water partition coefficient (Wildman–Crippen LogP) is 4.93. The molecule has 0 aliphatic carbocycles. The largest absolute Gasteiger partial charge is 0.492 e. The van der Waals surface area contributed by atoms with Crippen LogP contribution in [0.1, 0.15) is 0 Å². The Labute approximate surface area is 257 Å². The van der Waals surface area contributed by atoms with Gasteiger partial charge >= 0.3 is 0 Å². The van der Waals surface area contributed by atoms with E-state index in [4.69, 9.17) is 61.6 Å². The first-order valence-corrected chi connectivity index (χ1v) is 13.3. The Morgan fingerprint density at radius 3 is 1.27 bits per heavy atom. The molecule has 0 N–H and O–H groups in total. The Morgan fingerprint density at radius 2 is 0.795 bits per heavy atom. The molecule has 0 radical (unpaired) electrons. The normalized spacial score (nSPS) is 10.8. The highest BCUT2D eigenvalue weighted by Crippen LogP contribution is 2.52. The minimum absolute atomic E-state index is 0.00480. The van der Waals surface area contributed by atoms with Gasteiger partial charge in [-0.2, -0.15) is 0 Å². The number of methoxy groups -OCH3 is 7. The first kappa shape index (κ1) is 34.5. The Balaban J connectivity index is 2.28. The maximum atomic E-state index is 6.16. The number of rotatable bonds is 21. The summed E-state index contributed by atoms with van der Waals surface area (Å²) in [6.07, 6.45) is 0. The third-order valence-electron chi connectivity index (χ3n) is 5.87. The highest BCUT2D eigenvalue weighted by atomic mass is 16.7. The molecule has 0 saturated heterocycles. The molecular formula is C31H40O13.